The van der Waals surface area contributed by atoms with Crippen LogP contribution in [0.5, 0.6) is 0 Å². The SMILES string of the molecule is CC(Sc1nnc(-c2ccc(C(C)(C)C)cc2)o1)C(=O)N1c2ccccc2NC(=O)C1(C)C. The normalized spacial score (nSPS) is 16.2. The van der Waals surface area contributed by atoms with Gasteiger partial charge in [-0.1, -0.05) is 56.8 Å². The third kappa shape index (κ3) is 4.39. The Morgan fingerprint density at radius 1 is 1.09 bits per heavy atom. The maximum absolute atomic E-state index is 13.5. The molecule has 2 amide bonds. The van der Waals surface area contributed by atoms with E-state index in [9.17, 15) is 9.59 Å². The van der Waals surface area contributed by atoms with Crippen LogP contribution in [0.4, 0.5) is 11.4 Å². The number of aromatic nitrogens is 2. The van der Waals surface area contributed by atoms with Crippen molar-refractivity contribution in [2.45, 2.75) is 63.0 Å². The number of nitrogens with one attached hydrogen (secondary N) is 1. The highest BCUT2D eigenvalue weighted by atomic mass is 32.2. The lowest BCUT2D eigenvalue weighted by molar-refractivity contribution is -0.126. The van der Waals surface area contributed by atoms with Gasteiger partial charge in [0.1, 0.15) is 5.54 Å². The van der Waals surface area contributed by atoms with Gasteiger partial charge in [0.05, 0.1) is 16.6 Å². The van der Waals surface area contributed by atoms with Crippen molar-refractivity contribution < 1.29 is 14.0 Å². The molecule has 3 aromatic rings. The number of carbonyl (C=O) groups is 2. The molecule has 0 fully saturated rings. The number of benzene rings is 2. The number of rotatable bonds is 4. The summed E-state index contributed by atoms with van der Waals surface area (Å²) in [6, 6.07) is 15.3. The number of hydrogen-bond donors (Lipinski definition) is 1. The van der Waals surface area contributed by atoms with Crippen molar-refractivity contribution in [3.63, 3.8) is 0 Å². The molecule has 33 heavy (non-hydrogen) atoms. The highest BCUT2D eigenvalue weighted by Gasteiger charge is 2.45. The minimum atomic E-state index is -1.03. The van der Waals surface area contributed by atoms with Gasteiger partial charge < -0.3 is 9.73 Å². The Morgan fingerprint density at radius 3 is 2.42 bits per heavy atom. The van der Waals surface area contributed by atoms with E-state index in [1.165, 1.54) is 17.3 Å². The summed E-state index contributed by atoms with van der Waals surface area (Å²) in [5, 5.41) is 10.9. The lowest BCUT2D eigenvalue weighted by Gasteiger charge is -2.42. The molecule has 0 spiro atoms. The monoisotopic (exact) mass is 464 g/mol. The van der Waals surface area contributed by atoms with Crippen molar-refractivity contribution in [2.75, 3.05) is 10.2 Å². The molecule has 1 N–H and O–H groups in total. The van der Waals surface area contributed by atoms with Crippen LogP contribution >= 0.6 is 11.8 Å². The number of fused-ring (bicyclic) bond motifs is 1. The molecule has 0 radical (unpaired) electrons. The van der Waals surface area contributed by atoms with E-state index in [0.717, 1.165) is 5.56 Å². The standard InChI is InChI=1S/C25H28N4O3S/c1-15(21(30)29-19-10-8-7-9-18(19)26-22(31)25(29,5)6)33-23-28-27-20(32-23)16-11-13-17(14-12-16)24(2,3)4/h7-15H,1-6H3,(H,26,31). The van der Waals surface area contributed by atoms with Crippen LogP contribution in [-0.2, 0) is 15.0 Å². The fraction of sp³-hybridized carbons (Fsp3) is 0.360. The van der Waals surface area contributed by atoms with Gasteiger partial charge in [-0.2, -0.15) is 0 Å². The highest BCUT2D eigenvalue weighted by Crippen LogP contribution is 2.39. The Bertz CT molecular complexity index is 1190. The van der Waals surface area contributed by atoms with Crippen molar-refractivity contribution in [2.24, 2.45) is 0 Å². The van der Waals surface area contributed by atoms with Gasteiger partial charge in [0, 0.05) is 5.56 Å². The fourth-order valence-electron chi connectivity index (χ4n) is 3.72. The van der Waals surface area contributed by atoms with Crippen LogP contribution in [0.15, 0.2) is 58.2 Å². The smallest absolute Gasteiger partial charge is 0.277 e. The maximum atomic E-state index is 13.5. The predicted molar refractivity (Wildman–Crippen MR) is 130 cm³/mol. The molecule has 172 valence electrons. The summed E-state index contributed by atoms with van der Waals surface area (Å²) in [7, 11) is 0. The van der Waals surface area contributed by atoms with Crippen LogP contribution < -0.4 is 10.2 Å². The first-order chi connectivity index (χ1) is 15.5. The van der Waals surface area contributed by atoms with Crippen molar-refractivity contribution in [3.05, 3.63) is 54.1 Å². The molecule has 0 bridgehead atoms. The fourth-order valence-corrected chi connectivity index (χ4v) is 4.44. The molecule has 2 aromatic carbocycles. The molecule has 8 heteroatoms. The lowest BCUT2D eigenvalue weighted by atomic mass is 9.87. The van der Waals surface area contributed by atoms with Crippen LogP contribution in [0.25, 0.3) is 11.5 Å². The van der Waals surface area contributed by atoms with Gasteiger partial charge >= 0.3 is 0 Å². The van der Waals surface area contributed by atoms with Crippen molar-refractivity contribution in [3.8, 4) is 11.5 Å². The number of thioether (sulfide) groups is 1. The quantitative estimate of drug-likeness (QED) is 0.529. The van der Waals surface area contributed by atoms with E-state index in [-0.39, 0.29) is 17.2 Å². The minimum Gasteiger partial charge on any atom is -0.411 e. The van der Waals surface area contributed by atoms with Crippen molar-refractivity contribution in [1.82, 2.24) is 10.2 Å². The molecule has 0 saturated carbocycles. The average molecular weight is 465 g/mol. The van der Waals surface area contributed by atoms with Gasteiger partial charge in [-0.3, -0.25) is 14.5 Å². The van der Waals surface area contributed by atoms with Crippen molar-refractivity contribution in [1.29, 1.82) is 0 Å². The summed E-state index contributed by atoms with van der Waals surface area (Å²) < 4.78 is 5.84. The van der Waals surface area contributed by atoms with Gasteiger partial charge in [0.2, 0.25) is 17.7 Å². The molecular weight excluding hydrogens is 436 g/mol. The van der Waals surface area contributed by atoms with Gasteiger partial charge in [0.25, 0.3) is 5.22 Å². The van der Waals surface area contributed by atoms with E-state index < -0.39 is 10.8 Å². The first kappa shape index (κ1) is 23.0. The van der Waals surface area contributed by atoms with Crippen LogP contribution in [-0.4, -0.2) is 32.8 Å². The molecular formula is C25H28N4O3S. The van der Waals surface area contributed by atoms with E-state index in [0.29, 0.717) is 22.5 Å². The second kappa shape index (κ2) is 8.33. The van der Waals surface area contributed by atoms with Crippen LogP contribution in [0.1, 0.15) is 47.1 Å². The zero-order valence-corrected chi connectivity index (χ0v) is 20.5. The zero-order valence-electron chi connectivity index (χ0n) is 19.7. The minimum absolute atomic E-state index is 0.0575. The van der Waals surface area contributed by atoms with E-state index in [2.05, 4.69) is 48.4 Å². The van der Waals surface area contributed by atoms with Crippen LogP contribution in [0.2, 0.25) is 0 Å². The van der Waals surface area contributed by atoms with Crippen molar-refractivity contribution >= 4 is 35.0 Å². The Hall–Kier alpha value is -3.13. The third-order valence-electron chi connectivity index (χ3n) is 5.76. The number of para-hydroxylation sites is 2. The summed E-state index contributed by atoms with van der Waals surface area (Å²) >= 11 is 1.18. The molecule has 1 unspecified atom stereocenters. The summed E-state index contributed by atoms with van der Waals surface area (Å²) in [5.74, 6) is -0.0345. The average Bonchev–Trinajstić information content (AvgIpc) is 3.22. The van der Waals surface area contributed by atoms with E-state index in [1.807, 2.05) is 30.3 Å². The summed E-state index contributed by atoms with van der Waals surface area (Å²) in [6.07, 6.45) is 0. The number of hydrogen-bond acceptors (Lipinski definition) is 6. The number of amides is 2. The molecule has 1 aromatic heterocycles. The molecule has 7 nitrogen and oxygen atoms in total. The van der Waals surface area contributed by atoms with Gasteiger partial charge in [0.15, 0.2) is 0 Å². The topological polar surface area (TPSA) is 88.3 Å². The predicted octanol–water partition coefficient (Wildman–Crippen LogP) is 5.28. The Labute approximate surface area is 198 Å². The van der Waals surface area contributed by atoms with Crippen LogP contribution in [0, 0.1) is 0 Å². The summed E-state index contributed by atoms with van der Waals surface area (Å²) in [4.78, 5) is 27.7. The first-order valence-corrected chi connectivity index (χ1v) is 11.7. The molecule has 1 aliphatic heterocycles. The van der Waals surface area contributed by atoms with Gasteiger partial charge in [-0.25, -0.2) is 0 Å². The van der Waals surface area contributed by atoms with E-state index >= 15 is 0 Å². The molecule has 2 heterocycles. The lowest BCUT2D eigenvalue weighted by Crippen LogP contribution is -2.60. The molecule has 4 rings (SSSR count). The second-order valence-corrected chi connectivity index (χ2v) is 11.0. The number of anilines is 2. The molecule has 1 atom stereocenters. The zero-order chi connectivity index (χ0) is 24.0. The largest absolute Gasteiger partial charge is 0.411 e. The van der Waals surface area contributed by atoms with Crippen LogP contribution in [0.3, 0.4) is 0 Å². The molecule has 1 aliphatic rings. The maximum Gasteiger partial charge on any atom is 0.277 e. The Kier molecular flexibility index (Phi) is 5.82. The first-order valence-electron chi connectivity index (χ1n) is 10.8. The Morgan fingerprint density at radius 2 is 1.76 bits per heavy atom. The number of carbonyl (C=O) groups excluding carboxylic acids is 2. The third-order valence-corrected chi connectivity index (χ3v) is 6.68. The van der Waals surface area contributed by atoms with E-state index in [4.69, 9.17) is 4.42 Å². The summed E-state index contributed by atoms with van der Waals surface area (Å²) in [6.45, 7) is 11.7. The molecule has 0 saturated heterocycles. The van der Waals surface area contributed by atoms with Gasteiger partial charge in [-0.15, -0.1) is 10.2 Å². The Balaban J connectivity index is 1.53. The van der Waals surface area contributed by atoms with E-state index in [1.54, 1.807) is 31.7 Å². The molecule has 0 aliphatic carbocycles. The number of nitrogens with zero attached hydrogens (tertiary/aromatic N) is 3. The second-order valence-electron chi connectivity index (χ2n) is 9.66. The highest BCUT2D eigenvalue weighted by molar-refractivity contribution is 8.00. The summed E-state index contributed by atoms with van der Waals surface area (Å²) in [5.41, 5.74) is 2.35. The van der Waals surface area contributed by atoms with Gasteiger partial charge in [-0.05, 0) is 56.0 Å².